The lowest BCUT2D eigenvalue weighted by Gasteiger charge is -2.32. The van der Waals surface area contributed by atoms with E-state index in [-0.39, 0.29) is 18.4 Å². The van der Waals surface area contributed by atoms with Crippen LogP contribution in [0.4, 0.5) is 4.39 Å². The van der Waals surface area contributed by atoms with Crippen molar-refractivity contribution < 1.29 is 18.5 Å². The number of carbonyl (C=O) groups is 1. The van der Waals surface area contributed by atoms with Gasteiger partial charge in [-0.3, -0.25) is 4.79 Å². The van der Waals surface area contributed by atoms with Crippen molar-refractivity contribution in [1.29, 1.82) is 0 Å². The van der Waals surface area contributed by atoms with Crippen LogP contribution >= 0.6 is 0 Å². The molecule has 1 aliphatic rings. The summed E-state index contributed by atoms with van der Waals surface area (Å²) in [6, 6.07) is 4.67. The van der Waals surface area contributed by atoms with Crippen LogP contribution in [0, 0.1) is 5.82 Å². The molecule has 6 heteroatoms. The highest BCUT2D eigenvalue weighted by Gasteiger charge is 2.51. The predicted molar refractivity (Wildman–Crippen MR) is 89.1 cm³/mol. The maximum absolute atomic E-state index is 14.0. The van der Waals surface area contributed by atoms with Gasteiger partial charge in [-0.25, -0.2) is 4.39 Å². The zero-order valence-corrected chi connectivity index (χ0v) is 14.7. The van der Waals surface area contributed by atoms with Crippen molar-refractivity contribution in [1.82, 2.24) is 5.32 Å². The number of nitrogens with one attached hydrogen (secondary N) is 1. The largest absolute Gasteiger partial charge is 0.494 e. The Morgan fingerprint density at radius 3 is 2.30 bits per heavy atom. The third-order valence-electron chi connectivity index (χ3n) is 4.40. The molecule has 1 fully saturated rings. The highest BCUT2D eigenvalue weighted by atomic mass is 19.1. The number of amides is 1. The summed E-state index contributed by atoms with van der Waals surface area (Å²) in [5.41, 5.74) is 0.149. The Hall–Kier alpha value is -1.40. The van der Waals surface area contributed by atoms with Crippen molar-refractivity contribution in [2.24, 2.45) is 0 Å². The Labute approximate surface area is 137 Å². The van der Waals surface area contributed by atoms with Crippen molar-refractivity contribution >= 4 is 18.5 Å². The molecule has 1 aromatic rings. The molecule has 1 aliphatic heterocycles. The lowest BCUT2D eigenvalue weighted by Crippen LogP contribution is -2.41. The molecule has 4 nitrogen and oxygen atoms in total. The zero-order valence-electron chi connectivity index (χ0n) is 14.7. The molecule has 0 spiro atoms. The van der Waals surface area contributed by atoms with Crippen LogP contribution in [0.3, 0.4) is 0 Å². The maximum Gasteiger partial charge on any atom is 0.494 e. The fourth-order valence-corrected chi connectivity index (χ4v) is 2.40. The number of hydrogen-bond donors (Lipinski definition) is 1. The molecule has 0 aliphatic carbocycles. The summed E-state index contributed by atoms with van der Waals surface area (Å²) in [5, 5.41) is 2.77. The zero-order chi connectivity index (χ0) is 17.4. The lowest BCUT2D eigenvalue weighted by molar-refractivity contribution is -0.120. The molecule has 0 aromatic heterocycles. The number of hydrogen-bond acceptors (Lipinski definition) is 3. The van der Waals surface area contributed by atoms with Crippen molar-refractivity contribution in [2.45, 2.75) is 65.2 Å². The Morgan fingerprint density at radius 2 is 1.78 bits per heavy atom. The highest BCUT2D eigenvalue weighted by molar-refractivity contribution is 6.62. The first-order valence-corrected chi connectivity index (χ1v) is 7.95. The van der Waals surface area contributed by atoms with Crippen LogP contribution in [-0.2, 0) is 20.5 Å². The van der Waals surface area contributed by atoms with E-state index in [0.29, 0.717) is 5.56 Å². The SMILES string of the molecule is CC(C)NC(=O)Cc1cc(B2OC(C)(C)C(C)(C)O2)ccc1F. The predicted octanol–water partition coefficient (Wildman–Crippen LogP) is 2.19. The van der Waals surface area contributed by atoms with E-state index in [1.807, 2.05) is 41.5 Å². The standard InChI is InChI=1S/C17H25BFNO3/c1-11(2)20-15(21)10-12-9-13(7-8-14(12)19)18-22-16(3,4)17(5,6)23-18/h7-9,11H,10H2,1-6H3,(H,20,21). The van der Waals surface area contributed by atoms with Gasteiger partial charge in [0, 0.05) is 6.04 Å². The van der Waals surface area contributed by atoms with Crippen LogP contribution in [0.2, 0.25) is 0 Å². The minimum absolute atomic E-state index is 0.00262. The van der Waals surface area contributed by atoms with E-state index in [1.165, 1.54) is 6.07 Å². The summed E-state index contributed by atoms with van der Waals surface area (Å²) in [4.78, 5) is 11.9. The Morgan fingerprint density at radius 1 is 1.22 bits per heavy atom. The first-order chi connectivity index (χ1) is 10.5. The molecule has 0 unspecified atom stereocenters. The van der Waals surface area contributed by atoms with Crippen molar-refractivity contribution in [3.05, 3.63) is 29.6 Å². The third-order valence-corrected chi connectivity index (χ3v) is 4.40. The van der Waals surface area contributed by atoms with Crippen molar-refractivity contribution in [3.8, 4) is 0 Å². The van der Waals surface area contributed by atoms with Crippen LogP contribution in [0.15, 0.2) is 18.2 Å². The van der Waals surface area contributed by atoms with Crippen LogP contribution < -0.4 is 10.8 Å². The molecule has 23 heavy (non-hydrogen) atoms. The first kappa shape index (κ1) is 18.0. The van der Waals surface area contributed by atoms with E-state index < -0.39 is 24.1 Å². The topological polar surface area (TPSA) is 47.6 Å². The maximum atomic E-state index is 14.0. The van der Waals surface area contributed by atoms with Crippen LogP contribution in [0.25, 0.3) is 0 Å². The molecule has 0 bridgehead atoms. The second kappa shape index (κ2) is 6.25. The summed E-state index contributed by atoms with van der Waals surface area (Å²) < 4.78 is 25.9. The molecule has 1 N–H and O–H groups in total. The lowest BCUT2D eigenvalue weighted by atomic mass is 9.78. The smallest absolute Gasteiger partial charge is 0.399 e. The quantitative estimate of drug-likeness (QED) is 0.865. The van der Waals surface area contributed by atoms with Crippen LogP contribution in [0.5, 0.6) is 0 Å². The average Bonchev–Trinajstić information content (AvgIpc) is 2.60. The van der Waals surface area contributed by atoms with Gasteiger partial charge >= 0.3 is 7.12 Å². The minimum Gasteiger partial charge on any atom is -0.399 e. The summed E-state index contributed by atoms with van der Waals surface area (Å²) in [5.74, 6) is -0.603. The minimum atomic E-state index is -0.562. The fourth-order valence-electron chi connectivity index (χ4n) is 2.40. The monoisotopic (exact) mass is 321 g/mol. The molecular weight excluding hydrogens is 296 g/mol. The van der Waals surface area contributed by atoms with E-state index in [4.69, 9.17) is 9.31 Å². The molecule has 0 atom stereocenters. The summed E-state index contributed by atoms with van der Waals surface area (Å²) in [7, 11) is -0.562. The fraction of sp³-hybridized carbons (Fsp3) is 0.588. The van der Waals surface area contributed by atoms with Gasteiger partial charge in [0.1, 0.15) is 5.82 Å². The molecule has 1 heterocycles. The van der Waals surface area contributed by atoms with Gasteiger partial charge in [-0.05, 0) is 58.6 Å². The highest BCUT2D eigenvalue weighted by Crippen LogP contribution is 2.36. The second-order valence-electron chi connectivity index (χ2n) is 7.34. The molecule has 2 rings (SSSR count). The number of rotatable bonds is 4. The van der Waals surface area contributed by atoms with E-state index in [0.717, 1.165) is 5.46 Å². The van der Waals surface area contributed by atoms with Gasteiger partial charge in [0.05, 0.1) is 17.6 Å². The summed E-state index contributed by atoms with van der Waals surface area (Å²) in [6.45, 7) is 11.6. The van der Waals surface area contributed by atoms with Gasteiger partial charge in [0.25, 0.3) is 0 Å². The first-order valence-electron chi connectivity index (χ1n) is 7.95. The van der Waals surface area contributed by atoms with Gasteiger partial charge in [-0.1, -0.05) is 12.1 Å². The van der Waals surface area contributed by atoms with E-state index in [9.17, 15) is 9.18 Å². The van der Waals surface area contributed by atoms with E-state index in [1.54, 1.807) is 12.1 Å². The molecule has 1 saturated heterocycles. The summed E-state index contributed by atoms with van der Waals surface area (Å²) in [6.07, 6.45) is -0.00262. The molecular formula is C17H25BFNO3. The average molecular weight is 321 g/mol. The number of benzene rings is 1. The van der Waals surface area contributed by atoms with Gasteiger partial charge in [-0.15, -0.1) is 0 Å². The normalized spacial score (nSPS) is 19.2. The molecule has 1 aromatic carbocycles. The Balaban J connectivity index is 2.20. The second-order valence-corrected chi connectivity index (χ2v) is 7.34. The van der Waals surface area contributed by atoms with Crippen molar-refractivity contribution in [3.63, 3.8) is 0 Å². The number of carbonyl (C=O) groups excluding carboxylic acids is 1. The van der Waals surface area contributed by atoms with Gasteiger partial charge < -0.3 is 14.6 Å². The molecule has 1 amide bonds. The van der Waals surface area contributed by atoms with Gasteiger partial charge in [0.2, 0.25) is 5.91 Å². The Bertz CT molecular complexity index is 586. The number of halogens is 1. The van der Waals surface area contributed by atoms with Gasteiger partial charge in [-0.2, -0.15) is 0 Å². The molecule has 126 valence electrons. The third kappa shape index (κ3) is 3.93. The molecule has 0 radical (unpaired) electrons. The van der Waals surface area contributed by atoms with E-state index in [2.05, 4.69) is 5.32 Å². The van der Waals surface area contributed by atoms with Crippen LogP contribution in [0.1, 0.15) is 47.1 Å². The van der Waals surface area contributed by atoms with E-state index >= 15 is 0 Å². The van der Waals surface area contributed by atoms with Crippen molar-refractivity contribution in [2.75, 3.05) is 0 Å². The summed E-state index contributed by atoms with van der Waals surface area (Å²) >= 11 is 0. The Kier molecular flexibility index (Phi) is 4.88. The molecule has 0 saturated carbocycles. The van der Waals surface area contributed by atoms with Crippen LogP contribution in [-0.4, -0.2) is 30.3 Å². The van der Waals surface area contributed by atoms with Gasteiger partial charge in [0.15, 0.2) is 0 Å².